The molecule has 1 N–H and O–H groups in total. The predicted molar refractivity (Wildman–Crippen MR) is 84.3 cm³/mol. The van der Waals surface area contributed by atoms with Crippen LogP contribution in [0.5, 0.6) is 11.5 Å². The summed E-state index contributed by atoms with van der Waals surface area (Å²) in [5.41, 5.74) is 0.602. The topological polar surface area (TPSA) is 65.4 Å². The van der Waals surface area contributed by atoms with Gasteiger partial charge in [0.2, 0.25) is 5.91 Å². The van der Waals surface area contributed by atoms with Crippen LogP contribution in [0.25, 0.3) is 0 Å². The number of carbonyl (C=O) groups excluding carboxylic acids is 1. The van der Waals surface area contributed by atoms with E-state index in [1.54, 1.807) is 35.4 Å². The van der Waals surface area contributed by atoms with Crippen molar-refractivity contribution < 1.29 is 14.3 Å². The molecule has 1 aromatic heterocycles. The van der Waals surface area contributed by atoms with E-state index in [1.807, 2.05) is 26.8 Å². The molecule has 2 aromatic rings. The molecule has 1 heterocycles. The van der Waals surface area contributed by atoms with Crippen LogP contribution < -0.4 is 14.8 Å². The number of aromatic nitrogens is 2. The maximum Gasteiger partial charge on any atom is 0.247 e. The van der Waals surface area contributed by atoms with Crippen LogP contribution in [0.15, 0.2) is 36.9 Å². The van der Waals surface area contributed by atoms with Gasteiger partial charge in [0.1, 0.15) is 17.5 Å². The van der Waals surface area contributed by atoms with E-state index in [4.69, 9.17) is 9.47 Å². The average molecular weight is 303 g/mol. The van der Waals surface area contributed by atoms with Crippen LogP contribution in [0.4, 0.5) is 5.69 Å². The van der Waals surface area contributed by atoms with Crippen LogP contribution in [-0.2, 0) is 4.79 Å². The normalized spacial score (nSPS) is 11.8. The fourth-order valence-electron chi connectivity index (χ4n) is 2.02. The van der Waals surface area contributed by atoms with Gasteiger partial charge in [-0.2, -0.15) is 0 Å². The maximum atomic E-state index is 12.4. The van der Waals surface area contributed by atoms with Crippen molar-refractivity contribution in [2.24, 2.45) is 0 Å². The summed E-state index contributed by atoms with van der Waals surface area (Å²) in [5.74, 6) is 1.17. The number of hydrogen-bond acceptors (Lipinski definition) is 4. The number of anilines is 1. The summed E-state index contributed by atoms with van der Waals surface area (Å²) in [7, 11) is 0. The lowest BCUT2D eigenvalue weighted by Crippen LogP contribution is -2.23. The third kappa shape index (κ3) is 3.78. The zero-order valence-corrected chi connectivity index (χ0v) is 13.1. The van der Waals surface area contributed by atoms with Crippen molar-refractivity contribution in [1.82, 2.24) is 9.55 Å². The minimum atomic E-state index is -0.368. The first kappa shape index (κ1) is 15.9. The van der Waals surface area contributed by atoms with Gasteiger partial charge in [0.15, 0.2) is 0 Å². The van der Waals surface area contributed by atoms with E-state index in [2.05, 4.69) is 10.3 Å². The lowest BCUT2D eigenvalue weighted by Gasteiger charge is -2.16. The minimum Gasteiger partial charge on any atom is -0.494 e. The highest BCUT2D eigenvalue weighted by Gasteiger charge is 2.17. The van der Waals surface area contributed by atoms with Crippen LogP contribution >= 0.6 is 0 Å². The molecule has 0 saturated carbocycles. The number of imidazole rings is 1. The standard InChI is InChI=1S/C16H21N3O3/c1-4-21-13-6-7-15(22-5-2)14(10-13)18-16(20)12(3)19-9-8-17-11-19/h6-12H,4-5H2,1-3H3,(H,18,20). The summed E-state index contributed by atoms with van der Waals surface area (Å²) in [6, 6.07) is 5.02. The van der Waals surface area contributed by atoms with Gasteiger partial charge in [0, 0.05) is 18.5 Å². The zero-order chi connectivity index (χ0) is 15.9. The minimum absolute atomic E-state index is 0.146. The molecule has 22 heavy (non-hydrogen) atoms. The number of nitrogens with zero attached hydrogens (tertiary/aromatic N) is 2. The summed E-state index contributed by atoms with van der Waals surface area (Å²) in [6.45, 7) is 6.70. The number of ether oxygens (including phenoxy) is 2. The third-order valence-corrected chi connectivity index (χ3v) is 3.17. The molecule has 6 heteroatoms. The molecule has 1 unspecified atom stereocenters. The van der Waals surface area contributed by atoms with Crippen molar-refractivity contribution in [3.63, 3.8) is 0 Å². The van der Waals surface area contributed by atoms with E-state index in [0.717, 1.165) is 0 Å². The number of rotatable bonds is 7. The second kappa shape index (κ2) is 7.49. The van der Waals surface area contributed by atoms with Gasteiger partial charge in [-0.05, 0) is 32.9 Å². The van der Waals surface area contributed by atoms with E-state index >= 15 is 0 Å². The summed E-state index contributed by atoms with van der Waals surface area (Å²) in [5, 5.41) is 2.89. The molecule has 0 radical (unpaired) electrons. The van der Waals surface area contributed by atoms with Crippen molar-refractivity contribution in [3.8, 4) is 11.5 Å². The Kier molecular flexibility index (Phi) is 5.41. The highest BCUT2D eigenvalue weighted by molar-refractivity contribution is 5.95. The van der Waals surface area contributed by atoms with Crippen molar-refractivity contribution in [1.29, 1.82) is 0 Å². The fraction of sp³-hybridized carbons (Fsp3) is 0.375. The molecular formula is C16H21N3O3. The van der Waals surface area contributed by atoms with E-state index in [1.165, 1.54) is 0 Å². The molecule has 0 aliphatic rings. The van der Waals surface area contributed by atoms with Gasteiger partial charge >= 0.3 is 0 Å². The summed E-state index contributed by atoms with van der Waals surface area (Å²) >= 11 is 0. The first-order valence-electron chi connectivity index (χ1n) is 7.33. The number of hydrogen-bond donors (Lipinski definition) is 1. The monoisotopic (exact) mass is 303 g/mol. The second-order valence-corrected chi connectivity index (χ2v) is 4.70. The van der Waals surface area contributed by atoms with Gasteiger partial charge in [0.05, 0.1) is 25.2 Å². The third-order valence-electron chi connectivity index (χ3n) is 3.17. The molecule has 0 aliphatic heterocycles. The zero-order valence-electron chi connectivity index (χ0n) is 13.1. The van der Waals surface area contributed by atoms with Crippen LogP contribution in [0.1, 0.15) is 26.8 Å². The first-order chi connectivity index (χ1) is 10.7. The molecule has 0 fully saturated rings. The van der Waals surface area contributed by atoms with Gasteiger partial charge < -0.3 is 19.4 Å². The van der Waals surface area contributed by atoms with Gasteiger partial charge in [-0.1, -0.05) is 0 Å². The highest BCUT2D eigenvalue weighted by Crippen LogP contribution is 2.30. The van der Waals surface area contributed by atoms with E-state index in [-0.39, 0.29) is 11.9 Å². The van der Waals surface area contributed by atoms with Gasteiger partial charge in [-0.25, -0.2) is 4.98 Å². The van der Waals surface area contributed by atoms with Crippen LogP contribution in [0, 0.1) is 0 Å². The maximum absolute atomic E-state index is 12.4. The molecular weight excluding hydrogens is 282 g/mol. The quantitative estimate of drug-likeness (QED) is 0.854. The molecule has 0 saturated heterocycles. The van der Waals surface area contributed by atoms with Gasteiger partial charge in [-0.3, -0.25) is 4.79 Å². The molecule has 1 amide bonds. The summed E-state index contributed by atoms with van der Waals surface area (Å²) in [4.78, 5) is 16.3. The Labute approximate surface area is 130 Å². The van der Waals surface area contributed by atoms with E-state index < -0.39 is 0 Å². The second-order valence-electron chi connectivity index (χ2n) is 4.70. The summed E-state index contributed by atoms with van der Waals surface area (Å²) in [6.07, 6.45) is 5.01. The molecule has 0 spiro atoms. The molecule has 0 aliphatic carbocycles. The van der Waals surface area contributed by atoms with Crippen molar-refractivity contribution in [2.75, 3.05) is 18.5 Å². The number of carbonyl (C=O) groups is 1. The van der Waals surface area contributed by atoms with Gasteiger partial charge in [0.25, 0.3) is 0 Å². The van der Waals surface area contributed by atoms with Crippen LogP contribution in [-0.4, -0.2) is 28.7 Å². The van der Waals surface area contributed by atoms with Crippen molar-refractivity contribution in [3.05, 3.63) is 36.9 Å². The lowest BCUT2D eigenvalue weighted by molar-refractivity contribution is -0.118. The number of amides is 1. The Bertz CT molecular complexity index is 611. The Morgan fingerprint density at radius 3 is 2.73 bits per heavy atom. The Morgan fingerprint density at radius 2 is 2.09 bits per heavy atom. The smallest absolute Gasteiger partial charge is 0.247 e. The molecule has 1 atom stereocenters. The van der Waals surface area contributed by atoms with E-state index in [9.17, 15) is 4.79 Å². The fourth-order valence-corrected chi connectivity index (χ4v) is 2.02. The molecule has 0 bridgehead atoms. The SMILES string of the molecule is CCOc1ccc(OCC)c(NC(=O)C(C)n2ccnc2)c1. The van der Waals surface area contributed by atoms with Gasteiger partial charge in [-0.15, -0.1) is 0 Å². The van der Waals surface area contributed by atoms with E-state index in [0.29, 0.717) is 30.4 Å². The first-order valence-corrected chi connectivity index (χ1v) is 7.33. The molecule has 2 rings (SSSR count). The van der Waals surface area contributed by atoms with Crippen LogP contribution in [0.2, 0.25) is 0 Å². The predicted octanol–water partition coefficient (Wildman–Crippen LogP) is 2.88. The Morgan fingerprint density at radius 1 is 1.32 bits per heavy atom. The molecule has 118 valence electrons. The molecule has 6 nitrogen and oxygen atoms in total. The Hall–Kier alpha value is -2.50. The number of benzene rings is 1. The lowest BCUT2D eigenvalue weighted by atomic mass is 10.2. The number of nitrogens with one attached hydrogen (secondary N) is 1. The average Bonchev–Trinajstić information content (AvgIpc) is 3.03. The van der Waals surface area contributed by atoms with Crippen molar-refractivity contribution >= 4 is 11.6 Å². The largest absolute Gasteiger partial charge is 0.494 e. The van der Waals surface area contributed by atoms with Crippen LogP contribution in [0.3, 0.4) is 0 Å². The molecule has 1 aromatic carbocycles. The highest BCUT2D eigenvalue weighted by atomic mass is 16.5. The van der Waals surface area contributed by atoms with Crippen molar-refractivity contribution in [2.45, 2.75) is 26.8 Å². The Balaban J connectivity index is 2.18. The summed E-state index contributed by atoms with van der Waals surface area (Å²) < 4.78 is 12.8.